The number of aromatic amines is 1. The number of H-pyrrole nitrogens is 1. The van der Waals surface area contributed by atoms with E-state index in [1.807, 2.05) is 0 Å². The molecule has 1 heterocycles. The van der Waals surface area contributed by atoms with Gasteiger partial charge in [-0.2, -0.15) is 0 Å². The second-order valence-electron chi connectivity index (χ2n) is 6.27. The average Bonchev–Trinajstić information content (AvgIpc) is 2.81. The highest BCUT2D eigenvalue weighted by molar-refractivity contribution is 5.79. The molecule has 4 nitrogen and oxygen atoms in total. The molecule has 4 heteroatoms. The van der Waals surface area contributed by atoms with Crippen molar-refractivity contribution in [3.05, 3.63) is 24.0 Å². The lowest BCUT2D eigenvalue weighted by atomic mass is 9.96. The molecule has 2 rings (SSSR count). The summed E-state index contributed by atoms with van der Waals surface area (Å²) in [6.45, 7) is 9.36. The smallest absolute Gasteiger partial charge is 0.112 e. The molecule has 1 unspecified atom stereocenters. The van der Waals surface area contributed by atoms with E-state index in [9.17, 15) is 0 Å². The minimum absolute atomic E-state index is 0.0363. The Bertz CT molecular complexity index is 569. The number of imidazole rings is 1. The van der Waals surface area contributed by atoms with Crippen LogP contribution in [-0.4, -0.2) is 29.7 Å². The number of benzene rings is 1. The van der Waals surface area contributed by atoms with Gasteiger partial charge in [-0.3, -0.25) is 0 Å². The van der Waals surface area contributed by atoms with Gasteiger partial charge >= 0.3 is 0 Å². The predicted molar refractivity (Wildman–Crippen MR) is 84.4 cm³/mol. The number of rotatable bonds is 5. The third-order valence-corrected chi connectivity index (χ3v) is 3.42. The molecule has 1 atom stereocenters. The Kier molecular flexibility index (Phi) is 4.33. The fourth-order valence-corrected chi connectivity index (χ4v) is 2.15. The van der Waals surface area contributed by atoms with E-state index in [0.29, 0.717) is 12.6 Å². The molecule has 0 aliphatic rings. The Balaban J connectivity index is 2.24. The number of nitrogens with zero attached hydrogens (tertiary/aromatic N) is 1. The largest absolute Gasteiger partial charge is 0.383 e. The topological polar surface area (TPSA) is 49.9 Å². The van der Waals surface area contributed by atoms with Crippen LogP contribution >= 0.6 is 0 Å². The van der Waals surface area contributed by atoms with Crippen LogP contribution in [0.3, 0.4) is 0 Å². The lowest BCUT2D eigenvalue weighted by Gasteiger charge is -2.17. The van der Waals surface area contributed by atoms with Crippen molar-refractivity contribution in [1.29, 1.82) is 0 Å². The van der Waals surface area contributed by atoms with Gasteiger partial charge in [0.2, 0.25) is 0 Å². The maximum Gasteiger partial charge on any atom is 0.112 e. The molecule has 110 valence electrons. The first-order chi connectivity index (χ1) is 9.44. The molecule has 0 bridgehead atoms. The van der Waals surface area contributed by atoms with Gasteiger partial charge in [0, 0.05) is 24.3 Å². The van der Waals surface area contributed by atoms with Crippen LogP contribution in [-0.2, 0) is 10.2 Å². The molecule has 0 radical (unpaired) electrons. The van der Waals surface area contributed by atoms with Crippen molar-refractivity contribution in [1.82, 2.24) is 9.97 Å². The molecule has 2 aromatic rings. The summed E-state index contributed by atoms with van der Waals surface area (Å²) in [6, 6.07) is 6.59. The molecular weight excluding hydrogens is 250 g/mol. The van der Waals surface area contributed by atoms with Crippen molar-refractivity contribution in [2.45, 2.75) is 45.6 Å². The van der Waals surface area contributed by atoms with E-state index in [1.165, 1.54) is 0 Å². The number of ether oxygens (including phenoxy) is 1. The van der Waals surface area contributed by atoms with Crippen LogP contribution in [0.4, 0.5) is 5.69 Å². The van der Waals surface area contributed by atoms with Gasteiger partial charge in [0.05, 0.1) is 17.6 Å². The predicted octanol–water partition coefficient (Wildman–Crippen LogP) is 3.70. The van der Waals surface area contributed by atoms with E-state index < -0.39 is 0 Å². The Morgan fingerprint density at radius 1 is 1.35 bits per heavy atom. The van der Waals surface area contributed by atoms with Gasteiger partial charge in [0.25, 0.3) is 0 Å². The zero-order valence-electron chi connectivity index (χ0n) is 13.1. The second kappa shape index (κ2) is 5.83. The summed E-state index contributed by atoms with van der Waals surface area (Å²) < 4.78 is 5.22. The molecule has 0 saturated heterocycles. The maximum absolute atomic E-state index is 5.22. The van der Waals surface area contributed by atoms with Crippen molar-refractivity contribution in [2.75, 3.05) is 19.0 Å². The minimum atomic E-state index is 0.0363. The van der Waals surface area contributed by atoms with Crippen LogP contribution in [0.1, 0.15) is 39.9 Å². The molecule has 20 heavy (non-hydrogen) atoms. The highest BCUT2D eigenvalue weighted by Crippen LogP contribution is 2.24. The zero-order valence-corrected chi connectivity index (χ0v) is 13.1. The number of aromatic nitrogens is 2. The fraction of sp³-hybridized carbons (Fsp3) is 0.562. The number of fused-ring (bicyclic) bond motifs is 1. The highest BCUT2D eigenvalue weighted by atomic mass is 16.5. The van der Waals surface area contributed by atoms with Crippen molar-refractivity contribution in [2.24, 2.45) is 0 Å². The van der Waals surface area contributed by atoms with Crippen molar-refractivity contribution < 1.29 is 4.74 Å². The SMILES string of the molecule is CCC(COC)Nc1ccc2nc(C(C)(C)C)[nH]c2c1. The molecule has 0 aliphatic carbocycles. The lowest BCUT2D eigenvalue weighted by molar-refractivity contribution is 0.184. The van der Waals surface area contributed by atoms with Gasteiger partial charge in [-0.15, -0.1) is 0 Å². The van der Waals surface area contributed by atoms with Crippen LogP contribution in [0.2, 0.25) is 0 Å². The number of hydrogen-bond donors (Lipinski definition) is 2. The van der Waals surface area contributed by atoms with Gasteiger partial charge in [0.15, 0.2) is 0 Å². The van der Waals surface area contributed by atoms with Gasteiger partial charge in [0.1, 0.15) is 5.82 Å². The first-order valence-electron chi connectivity index (χ1n) is 7.19. The van der Waals surface area contributed by atoms with Crippen LogP contribution in [0.5, 0.6) is 0 Å². The van der Waals surface area contributed by atoms with Gasteiger partial charge in [-0.05, 0) is 24.6 Å². The Morgan fingerprint density at radius 3 is 2.70 bits per heavy atom. The number of hydrogen-bond acceptors (Lipinski definition) is 3. The number of anilines is 1. The summed E-state index contributed by atoms with van der Waals surface area (Å²) in [5, 5.41) is 3.50. The first-order valence-corrected chi connectivity index (χ1v) is 7.19. The molecule has 0 fully saturated rings. The maximum atomic E-state index is 5.22. The molecular formula is C16H25N3O. The molecule has 1 aromatic carbocycles. The van der Waals surface area contributed by atoms with E-state index in [0.717, 1.165) is 29.0 Å². The Hall–Kier alpha value is -1.55. The minimum Gasteiger partial charge on any atom is -0.383 e. The van der Waals surface area contributed by atoms with Crippen LogP contribution in [0, 0.1) is 0 Å². The van der Waals surface area contributed by atoms with Crippen molar-refractivity contribution >= 4 is 16.7 Å². The van der Waals surface area contributed by atoms with Crippen LogP contribution < -0.4 is 5.32 Å². The molecule has 1 aromatic heterocycles. The van der Waals surface area contributed by atoms with Crippen molar-refractivity contribution in [3.8, 4) is 0 Å². The summed E-state index contributed by atoms with van der Waals surface area (Å²) in [4.78, 5) is 8.07. The quantitative estimate of drug-likeness (QED) is 0.874. The van der Waals surface area contributed by atoms with Gasteiger partial charge in [-0.1, -0.05) is 27.7 Å². The van der Waals surface area contributed by atoms with E-state index in [-0.39, 0.29) is 5.41 Å². The van der Waals surface area contributed by atoms with Crippen molar-refractivity contribution in [3.63, 3.8) is 0 Å². The standard InChI is InChI=1S/C16H25N3O/c1-6-11(10-20-5)17-12-7-8-13-14(9-12)19-15(18-13)16(2,3)4/h7-9,11,17H,6,10H2,1-5H3,(H,18,19). The fourth-order valence-electron chi connectivity index (χ4n) is 2.15. The van der Waals surface area contributed by atoms with Gasteiger partial charge in [-0.25, -0.2) is 4.98 Å². The summed E-state index contributed by atoms with van der Waals surface area (Å²) in [5.74, 6) is 1.02. The monoisotopic (exact) mass is 275 g/mol. The average molecular weight is 275 g/mol. The van der Waals surface area contributed by atoms with E-state index in [1.54, 1.807) is 7.11 Å². The Labute approximate surface area is 120 Å². The summed E-state index contributed by atoms with van der Waals surface area (Å²) in [7, 11) is 1.73. The Morgan fingerprint density at radius 2 is 2.10 bits per heavy atom. The van der Waals surface area contributed by atoms with E-state index in [2.05, 4.69) is 61.2 Å². The summed E-state index contributed by atoms with van der Waals surface area (Å²) >= 11 is 0. The molecule has 2 N–H and O–H groups in total. The normalized spacial score (nSPS) is 13.7. The van der Waals surface area contributed by atoms with Gasteiger partial charge < -0.3 is 15.0 Å². The third kappa shape index (κ3) is 3.31. The molecule has 0 saturated carbocycles. The van der Waals surface area contributed by atoms with Crippen LogP contribution in [0.15, 0.2) is 18.2 Å². The van der Waals surface area contributed by atoms with Crippen LogP contribution in [0.25, 0.3) is 11.0 Å². The highest BCUT2D eigenvalue weighted by Gasteiger charge is 2.18. The number of methoxy groups -OCH3 is 1. The zero-order chi connectivity index (χ0) is 14.8. The van der Waals surface area contributed by atoms with E-state index >= 15 is 0 Å². The number of nitrogens with one attached hydrogen (secondary N) is 2. The first kappa shape index (κ1) is 14.9. The lowest BCUT2D eigenvalue weighted by Crippen LogP contribution is -2.23. The molecule has 0 aliphatic heterocycles. The molecule has 0 spiro atoms. The summed E-state index contributed by atoms with van der Waals surface area (Å²) in [5.41, 5.74) is 3.23. The third-order valence-electron chi connectivity index (χ3n) is 3.42. The second-order valence-corrected chi connectivity index (χ2v) is 6.27. The van der Waals surface area contributed by atoms with E-state index in [4.69, 9.17) is 4.74 Å². The molecule has 0 amide bonds. The summed E-state index contributed by atoms with van der Waals surface area (Å²) in [6.07, 6.45) is 1.03.